The third-order valence-electron chi connectivity index (χ3n) is 17.4. The first-order valence-corrected chi connectivity index (χ1v) is 27.6. The summed E-state index contributed by atoms with van der Waals surface area (Å²) in [6.45, 7) is 19.0. The van der Waals surface area contributed by atoms with E-state index in [2.05, 4.69) is 15.9 Å². The highest BCUT2D eigenvalue weighted by atomic mass is 19.1. The third kappa shape index (κ3) is 14.2. The monoisotopic (exact) mass is 1080 g/mol. The predicted molar refractivity (Wildman–Crippen MR) is 283 cm³/mol. The summed E-state index contributed by atoms with van der Waals surface area (Å²) < 4.78 is 59.2. The molecule has 76 heavy (non-hydrogen) atoms. The largest absolute Gasteiger partial charge is 0.459 e. The first-order valence-electron chi connectivity index (χ1n) is 27.6. The number of nitrogens with one attached hydrogen (secondary N) is 2. The number of carbonyl (C=O) groups excluding carboxylic acids is 1. The molecule has 0 unspecified atom stereocenters. The lowest BCUT2D eigenvalue weighted by Gasteiger charge is -2.49. The zero-order chi connectivity index (χ0) is 56.2. The number of methoxy groups -OCH3 is 2. The van der Waals surface area contributed by atoms with Crippen molar-refractivity contribution < 1.29 is 73.0 Å². The Kier molecular flexibility index (Phi) is 21.5. The zero-order valence-electron chi connectivity index (χ0n) is 47.7. The molecule has 5 heterocycles. The smallest absolute Gasteiger partial charge is 0.311 e. The quantitative estimate of drug-likeness (QED) is 0.111. The van der Waals surface area contributed by atoms with E-state index in [1.54, 1.807) is 60.6 Å². The van der Waals surface area contributed by atoms with Crippen LogP contribution in [0.2, 0.25) is 0 Å². The van der Waals surface area contributed by atoms with Gasteiger partial charge in [-0.1, -0.05) is 32.9 Å². The molecule has 21 atom stereocenters. The molecule has 0 aliphatic carbocycles. The van der Waals surface area contributed by atoms with Gasteiger partial charge >= 0.3 is 5.97 Å². The van der Waals surface area contributed by atoms with Crippen LogP contribution in [0.25, 0.3) is 0 Å². The average molecular weight is 1080 g/mol. The minimum atomic E-state index is -1.85. The molecule has 5 aliphatic rings. The van der Waals surface area contributed by atoms with Crippen LogP contribution >= 0.6 is 0 Å². The molecular weight excluding hydrogens is 988 g/mol. The van der Waals surface area contributed by atoms with Crippen LogP contribution in [0, 0.1) is 17.8 Å². The number of hydrogen-bond donors (Lipinski definition) is 8. The van der Waals surface area contributed by atoms with Gasteiger partial charge in [-0.05, 0) is 112 Å². The molecular formula is C55H95FN6O14. The maximum Gasteiger partial charge on any atom is 0.311 e. The number of alkyl halides is 1. The molecule has 0 aromatic heterocycles. The Morgan fingerprint density at radius 2 is 1.63 bits per heavy atom. The lowest BCUT2D eigenvalue weighted by molar-refractivity contribution is -0.318. The van der Waals surface area contributed by atoms with Crippen molar-refractivity contribution in [2.24, 2.45) is 17.8 Å². The minimum absolute atomic E-state index is 0.0866. The molecule has 1 aromatic rings. The van der Waals surface area contributed by atoms with Crippen LogP contribution in [0.4, 0.5) is 10.1 Å². The number of aliphatic hydroxyl groups is 6. The molecule has 0 saturated carbocycles. The Balaban J connectivity index is 1.24. The molecule has 0 amide bonds. The second kappa shape index (κ2) is 26.2. The van der Waals surface area contributed by atoms with Crippen molar-refractivity contribution in [3.63, 3.8) is 0 Å². The van der Waals surface area contributed by atoms with E-state index in [1.807, 2.05) is 68.2 Å². The number of cyclic esters (lactones) is 1. The zero-order valence-corrected chi connectivity index (χ0v) is 47.7. The van der Waals surface area contributed by atoms with Gasteiger partial charge in [0.05, 0.1) is 47.6 Å². The fraction of sp³-hybridized carbons (Fsp3) is 0.836. The highest BCUT2D eigenvalue weighted by molar-refractivity contribution is 5.73. The molecule has 6 rings (SSSR count). The predicted octanol–water partition coefficient (Wildman–Crippen LogP) is 3.12. The first-order chi connectivity index (χ1) is 35.7. The molecule has 8 N–H and O–H groups in total. The lowest BCUT2D eigenvalue weighted by Crippen LogP contribution is -2.61. The number of benzene rings is 1. The van der Waals surface area contributed by atoms with Crippen LogP contribution in [-0.2, 0) is 38.0 Å². The molecule has 0 spiro atoms. The number of halogens is 1. The van der Waals surface area contributed by atoms with E-state index in [9.17, 15) is 39.8 Å². The van der Waals surface area contributed by atoms with E-state index in [0.717, 1.165) is 29.9 Å². The van der Waals surface area contributed by atoms with Crippen LogP contribution < -0.4 is 15.9 Å². The molecule has 5 aliphatic heterocycles. The number of rotatable bonds is 16. The van der Waals surface area contributed by atoms with Crippen LogP contribution in [0.3, 0.4) is 0 Å². The van der Waals surface area contributed by atoms with E-state index in [-0.39, 0.29) is 31.3 Å². The molecule has 21 heteroatoms. The Morgan fingerprint density at radius 3 is 2.24 bits per heavy atom. The second-order valence-corrected chi connectivity index (χ2v) is 23.6. The summed E-state index contributed by atoms with van der Waals surface area (Å²) in [5.41, 5.74) is 4.29. The number of anilines is 1. The van der Waals surface area contributed by atoms with Gasteiger partial charge in [0.2, 0.25) is 0 Å². The number of ether oxygens (including phenoxy) is 7. The van der Waals surface area contributed by atoms with Crippen molar-refractivity contribution in [1.29, 1.82) is 0 Å². The summed E-state index contributed by atoms with van der Waals surface area (Å²) in [6.07, 6.45) is -7.29. The van der Waals surface area contributed by atoms with Gasteiger partial charge < -0.3 is 83.9 Å². The topological polar surface area (TPSA) is 240 Å². The summed E-state index contributed by atoms with van der Waals surface area (Å²) in [4.78, 5) is 20.6. The number of esters is 1. The van der Waals surface area contributed by atoms with Crippen molar-refractivity contribution in [2.45, 2.75) is 216 Å². The number of β-amino-alcohol motifs (C(OH)–C–C–N with tert-alkyl or cyclic N) is 1. The number of likely N-dealkylation sites (N-methyl/N-ethyl adjacent to an activating group) is 2. The van der Waals surface area contributed by atoms with Gasteiger partial charge in [0.15, 0.2) is 12.6 Å². The SMILES string of the molecule is CC[C@H]1OC(=O)[C@H](C)[C@@H](O[C@H]2C[C@@](C)(OC)[C@@H](O)[C@H](C)O2)[C@H](C)[C@@H](O[C@@H]2O[C@H](C)C[C@H](N(C)CCC3=CN([C@H](CF)[C@H](OC)c4ccc(N5CC[C@@H](O)C5)cc4)NN3)[C@H]2O)[C@](C)(O)C[C@@H](C)CN(C)[C@H](C)[C@@H](O)[C@]1(C)O. The van der Waals surface area contributed by atoms with Crippen molar-refractivity contribution in [1.82, 2.24) is 25.8 Å². The van der Waals surface area contributed by atoms with Gasteiger partial charge in [-0.3, -0.25) is 9.80 Å². The average Bonchev–Trinajstić information content (AvgIpc) is 4.04. The second-order valence-electron chi connectivity index (χ2n) is 23.6. The molecule has 20 nitrogen and oxygen atoms in total. The molecule has 0 bridgehead atoms. The normalized spacial score (nSPS) is 41.5. The van der Waals surface area contributed by atoms with E-state index < -0.39 is 127 Å². The van der Waals surface area contributed by atoms with Crippen LogP contribution in [-0.4, -0.2) is 215 Å². The summed E-state index contributed by atoms with van der Waals surface area (Å²) in [6, 6.07) is 6.05. The molecule has 1 aromatic carbocycles. The van der Waals surface area contributed by atoms with Crippen molar-refractivity contribution >= 4 is 11.7 Å². The third-order valence-corrected chi connectivity index (χ3v) is 17.4. The molecule has 4 fully saturated rings. The van der Waals surface area contributed by atoms with Crippen LogP contribution in [0.15, 0.2) is 36.2 Å². The maximum absolute atomic E-state index is 15.0. The molecule has 436 valence electrons. The number of carbonyl (C=O) groups is 1. The number of hydrogen-bond acceptors (Lipinski definition) is 20. The number of aliphatic hydroxyl groups excluding tert-OH is 4. The first kappa shape index (κ1) is 62.4. The summed E-state index contributed by atoms with van der Waals surface area (Å²) in [5, 5.41) is 71.6. The van der Waals surface area contributed by atoms with Gasteiger partial charge in [0.1, 0.15) is 48.8 Å². The highest BCUT2D eigenvalue weighted by Crippen LogP contribution is 2.41. The van der Waals surface area contributed by atoms with Crippen molar-refractivity contribution in [2.75, 3.05) is 66.1 Å². The van der Waals surface area contributed by atoms with Crippen LogP contribution in [0.1, 0.15) is 119 Å². The Hall–Kier alpha value is -2.84. The summed E-state index contributed by atoms with van der Waals surface area (Å²) >= 11 is 0. The fourth-order valence-corrected chi connectivity index (χ4v) is 12.5. The maximum atomic E-state index is 15.0. The van der Waals surface area contributed by atoms with Gasteiger partial charge in [-0.25, -0.2) is 4.39 Å². The van der Waals surface area contributed by atoms with Crippen molar-refractivity contribution in [3.05, 3.63) is 41.7 Å². The standard InChI is InChI=1S/C55H95FN6O14/c1-15-43-55(10,69)48(65)35(6)60(12)28-31(2)25-53(8,68)50(33(4)46(34(5)51(67)74-43)75-44-26-54(9,71-14)49(66)36(7)73-44)76-52-45(64)41(24-32(3)72-52)59(11)22-20-38-29-62(58-57-38)42(27-56)47(70-13)37-16-18-39(19-17-37)61-23-21-40(63)30-61/h16-19,29,31-36,40-50,52,57-58,63-66,68-69H,15,20-28,30H2,1-14H3/t31-,32-,33+,34-,35-,36+,40-,41+,42-,43-,44+,45-,46+,47-,48-,49+,50-,52+,53-,54-,55-/m1/s1. The summed E-state index contributed by atoms with van der Waals surface area (Å²) in [7, 11) is 6.80. The van der Waals surface area contributed by atoms with Crippen LogP contribution in [0.5, 0.6) is 0 Å². The Labute approximate surface area is 451 Å². The Morgan fingerprint density at radius 1 is 0.947 bits per heavy atom. The Bertz CT molecular complexity index is 2030. The van der Waals surface area contributed by atoms with Gasteiger partial charge in [-0.15, -0.1) is 5.53 Å². The van der Waals surface area contributed by atoms with E-state index in [4.69, 9.17) is 33.2 Å². The van der Waals surface area contributed by atoms with Crippen molar-refractivity contribution in [3.8, 4) is 0 Å². The van der Waals surface area contributed by atoms with E-state index >= 15 is 0 Å². The minimum Gasteiger partial charge on any atom is -0.459 e. The number of hydrazine groups is 2. The fourth-order valence-electron chi connectivity index (χ4n) is 12.5. The lowest BCUT2D eigenvalue weighted by atomic mass is 9.77. The van der Waals surface area contributed by atoms with Gasteiger partial charge in [-0.2, -0.15) is 0 Å². The number of nitrogens with zero attached hydrogens (tertiary/aromatic N) is 4. The van der Waals surface area contributed by atoms with Gasteiger partial charge in [0.25, 0.3) is 0 Å². The van der Waals surface area contributed by atoms with Gasteiger partial charge in [0, 0.05) is 88.8 Å². The highest BCUT2D eigenvalue weighted by Gasteiger charge is 2.53. The van der Waals surface area contributed by atoms with E-state index in [0.29, 0.717) is 32.5 Å². The van der Waals surface area contributed by atoms with E-state index in [1.165, 1.54) is 14.0 Å². The molecule has 4 saturated heterocycles. The molecule has 0 radical (unpaired) electrons. The summed E-state index contributed by atoms with van der Waals surface area (Å²) in [5.74, 6) is -2.86.